The molecule has 3 N–H and O–H groups in total. The maximum Gasteiger partial charge on any atom is 0.323 e. The molecule has 3 amide bonds. The van der Waals surface area contributed by atoms with Crippen LogP contribution in [0.3, 0.4) is 0 Å². The molecular formula is C10H19N3O4. The van der Waals surface area contributed by atoms with Gasteiger partial charge in [-0.3, -0.25) is 9.59 Å². The molecule has 0 unspecified atom stereocenters. The second-order valence-corrected chi connectivity index (χ2v) is 3.32. The van der Waals surface area contributed by atoms with Gasteiger partial charge in [0.25, 0.3) is 0 Å². The second-order valence-electron chi connectivity index (χ2n) is 3.32. The standard InChI is InChI=1S/C10H19N3O4/c1-3-13(4-2)8(14)5-6-11-10(17)12-7-9(15)16/h3-7H2,1-2H3,(H,15,16)(H2,11,12,17). The Morgan fingerprint density at radius 3 is 2.18 bits per heavy atom. The highest BCUT2D eigenvalue weighted by Gasteiger charge is 2.09. The molecule has 0 aromatic heterocycles. The molecule has 17 heavy (non-hydrogen) atoms. The SMILES string of the molecule is CCN(CC)C(=O)CCNC(=O)NCC(=O)O. The Morgan fingerprint density at radius 2 is 1.71 bits per heavy atom. The molecule has 0 bridgehead atoms. The van der Waals surface area contributed by atoms with Crippen molar-refractivity contribution in [2.45, 2.75) is 20.3 Å². The summed E-state index contributed by atoms with van der Waals surface area (Å²) in [5, 5.41) is 12.9. The Kier molecular flexibility index (Phi) is 7.49. The van der Waals surface area contributed by atoms with E-state index in [2.05, 4.69) is 10.6 Å². The summed E-state index contributed by atoms with van der Waals surface area (Å²) < 4.78 is 0. The van der Waals surface area contributed by atoms with Gasteiger partial charge in [0.1, 0.15) is 6.54 Å². The van der Waals surface area contributed by atoms with Crippen LogP contribution >= 0.6 is 0 Å². The summed E-state index contributed by atoms with van der Waals surface area (Å²) in [5.74, 6) is -1.15. The second kappa shape index (κ2) is 8.37. The van der Waals surface area contributed by atoms with E-state index in [0.717, 1.165) is 0 Å². The van der Waals surface area contributed by atoms with Gasteiger partial charge in [-0.1, -0.05) is 0 Å². The predicted molar refractivity (Wildman–Crippen MR) is 61.6 cm³/mol. The minimum Gasteiger partial charge on any atom is -0.480 e. The highest BCUT2D eigenvalue weighted by molar-refractivity contribution is 5.81. The van der Waals surface area contributed by atoms with Gasteiger partial charge in [-0.05, 0) is 13.8 Å². The fourth-order valence-electron chi connectivity index (χ4n) is 1.24. The first-order valence-corrected chi connectivity index (χ1v) is 5.52. The van der Waals surface area contributed by atoms with Gasteiger partial charge in [0.15, 0.2) is 0 Å². The monoisotopic (exact) mass is 245 g/mol. The molecule has 0 rings (SSSR count). The van der Waals surface area contributed by atoms with Crippen molar-refractivity contribution in [2.75, 3.05) is 26.2 Å². The topological polar surface area (TPSA) is 98.7 Å². The number of urea groups is 1. The summed E-state index contributed by atoms with van der Waals surface area (Å²) in [5.41, 5.74) is 0. The smallest absolute Gasteiger partial charge is 0.323 e. The zero-order valence-corrected chi connectivity index (χ0v) is 10.2. The van der Waals surface area contributed by atoms with Crippen molar-refractivity contribution < 1.29 is 19.5 Å². The Hall–Kier alpha value is -1.79. The molecule has 0 aromatic carbocycles. The van der Waals surface area contributed by atoms with Crippen LogP contribution in [0.5, 0.6) is 0 Å². The minimum atomic E-state index is -1.11. The van der Waals surface area contributed by atoms with Crippen molar-refractivity contribution in [3.05, 3.63) is 0 Å². The number of amides is 3. The predicted octanol–water partition coefficient (Wildman–Crippen LogP) is -0.371. The lowest BCUT2D eigenvalue weighted by Crippen LogP contribution is -2.40. The lowest BCUT2D eigenvalue weighted by atomic mass is 10.3. The quantitative estimate of drug-likeness (QED) is 0.570. The van der Waals surface area contributed by atoms with Gasteiger partial charge in [-0.15, -0.1) is 0 Å². The maximum atomic E-state index is 11.5. The minimum absolute atomic E-state index is 0.0338. The summed E-state index contributed by atoms with van der Waals surface area (Å²) in [4.78, 5) is 34.4. The molecule has 0 aliphatic carbocycles. The number of carboxylic acids is 1. The molecule has 0 radical (unpaired) electrons. The third kappa shape index (κ3) is 7.15. The van der Waals surface area contributed by atoms with Gasteiger partial charge in [0.05, 0.1) is 0 Å². The summed E-state index contributed by atoms with van der Waals surface area (Å²) in [6.07, 6.45) is 0.210. The number of carboxylic acid groups (broad SMARTS) is 1. The van der Waals surface area contributed by atoms with E-state index in [1.807, 2.05) is 13.8 Å². The fraction of sp³-hybridized carbons (Fsp3) is 0.700. The van der Waals surface area contributed by atoms with E-state index in [-0.39, 0.29) is 18.9 Å². The Balaban J connectivity index is 3.72. The zero-order chi connectivity index (χ0) is 13.3. The number of carbonyl (C=O) groups excluding carboxylic acids is 2. The molecule has 0 heterocycles. The normalized spacial score (nSPS) is 9.53. The molecule has 0 saturated heterocycles. The van der Waals surface area contributed by atoms with Crippen molar-refractivity contribution in [3.63, 3.8) is 0 Å². The van der Waals surface area contributed by atoms with Crippen LogP contribution in [0.1, 0.15) is 20.3 Å². The van der Waals surface area contributed by atoms with Crippen molar-refractivity contribution in [2.24, 2.45) is 0 Å². The van der Waals surface area contributed by atoms with Gasteiger partial charge in [-0.2, -0.15) is 0 Å². The van der Waals surface area contributed by atoms with Crippen LogP contribution in [0.4, 0.5) is 4.79 Å². The number of nitrogens with one attached hydrogen (secondary N) is 2. The van der Waals surface area contributed by atoms with Crippen LogP contribution in [0.15, 0.2) is 0 Å². The van der Waals surface area contributed by atoms with Gasteiger partial charge in [-0.25, -0.2) is 4.79 Å². The molecule has 0 spiro atoms. The maximum absolute atomic E-state index is 11.5. The highest BCUT2D eigenvalue weighted by atomic mass is 16.4. The molecule has 0 saturated carbocycles. The van der Waals surface area contributed by atoms with E-state index in [1.54, 1.807) is 4.90 Å². The first-order valence-electron chi connectivity index (χ1n) is 5.52. The van der Waals surface area contributed by atoms with Crippen LogP contribution in [0.25, 0.3) is 0 Å². The van der Waals surface area contributed by atoms with E-state index in [9.17, 15) is 14.4 Å². The van der Waals surface area contributed by atoms with Gasteiger partial charge >= 0.3 is 12.0 Å². The third-order valence-electron chi connectivity index (χ3n) is 2.14. The van der Waals surface area contributed by atoms with Crippen LogP contribution in [-0.4, -0.2) is 54.1 Å². The van der Waals surface area contributed by atoms with Crippen LogP contribution < -0.4 is 10.6 Å². The van der Waals surface area contributed by atoms with Gasteiger partial charge in [0, 0.05) is 26.1 Å². The summed E-state index contributed by atoms with van der Waals surface area (Å²) >= 11 is 0. The Bertz CT molecular complexity index is 277. The summed E-state index contributed by atoms with van der Waals surface area (Å²) in [6, 6.07) is -0.584. The molecule has 0 fully saturated rings. The van der Waals surface area contributed by atoms with E-state index in [4.69, 9.17) is 5.11 Å². The largest absolute Gasteiger partial charge is 0.480 e. The molecule has 0 aromatic rings. The van der Waals surface area contributed by atoms with Crippen LogP contribution in [0, 0.1) is 0 Å². The molecular weight excluding hydrogens is 226 g/mol. The number of carbonyl (C=O) groups is 3. The summed E-state index contributed by atoms with van der Waals surface area (Å²) in [6.45, 7) is 4.81. The van der Waals surface area contributed by atoms with E-state index in [0.29, 0.717) is 13.1 Å². The molecule has 0 aliphatic rings. The number of hydrogen-bond acceptors (Lipinski definition) is 3. The van der Waals surface area contributed by atoms with E-state index in [1.165, 1.54) is 0 Å². The van der Waals surface area contributed by atoms with Crippen molar-refractivity contribution in [3.8, 4) is 0 Å². The number of hydrogen-bond donors (Lipinski definition) is 3. The van der Waals surface area contributed by atoms with Crippen molar-refractivity contribution in [1.82, 2.24) is 15.5 Å². The highest BCUT2D eigenvalue weighted by Crippen LogP contribution is 1.92. The fourth-order valence-corrected chi connectivity index (χ4v) is 1.24. The Morgan fingerprint density at radius 1 is 1.12 bits per heavy atom. The first kappa shape index (κ1) is 15.2. The van der Waals surface area contributed by atoms with Gasteiger partial charge < -0.3 is 20.6 Å². The lowest BCUT2D eigenvalue weighted by Gasteiger charge is -2.18. The average molecular weight is 245 g/mol. The van der Waals surface area contributed by atoms with Crippen molar-refractivity contribution in [1.29, 1.82) is 0 Å². The molecule has 98 valence electrons. The average Bonchev–Trinajstić information content (AvgIpc) is 2.28. The van der Waals surface area contributed by atoms with E-state index < -0.39 is 18.5 Å². The zero-order valence-electron chi connectivity index (χ0n) is 10.2. The molecule has 7 nitrogen and oxygen atoms in total. The van der Waals surface area contributed by atoms with Crippen LogP contribution in [-0.2, 0) is 9.59 Å². The number of rotatable bonds is 7. The first-order chi connectivity index (χ1) is 8.01. The molecule has 7 heteroatoms. The van der Waals surface area contributed by atoms with Gasteiger partial charge in [0.2, 0.25) is 5.91 Å². The molecule has 0 atom stereocenters. The Labute approximate surface area is 100 Å². The number of nitrogens with zero attached hydrogens (tertiary/aromatic N) is 1. The summed E-state index contributed by atoms with van der Waals surface area (Å²) in [7, 11) is 0. The van der Waals surface area contributed by atoms with E-state index >= 15 is 0 Å². The third-order valence-corrected chi connectivity index (χ3v) is 2.14. The lowest BCUT2D eigenvalue weighted by molar-refractivity contribution is -0.136. The number of aliphatic carboxylic acids is 1. The molecule has 0 aliphatic heterocycles. The van der Waals surface area contributed by atoms with Crippen LogP contribution in [0.2, 0.25) is 0 Å². The van der Waals surface area contributed by atoms with Crippen molar-refractivity contribution >= 4 is 17.9 Å².